The number of aryl methyl sites for hydroxylation is 1. The van der Waals surface area contributed by atoms with E-state index in [2.05, 4.69) is 29.4 Å². The van der Waals surface area contributed by atoms with E-state index in [0.29, 0.717) is 5.52 Å². The molecule has 3 heterocycles. The molecule has 0 aliphatic heterocycles. The molecular weight excluding hydrogens is 280 g/mol. The molecule has 4 heteroatoms. The predicted molar refractivity (Wildman–Crippen MR) is 86.3 cm³/mol. The molecule has 102 valence electrons. The Labute approximate surface area is 125 Å². The number of thiophene rings is 1. The Hall–Kier alpha value is -2.46. The number of pyridine rings is 2. The van der Waals surface area contributed by atoms with Crippen LogP contribution in [0.15, 0.2) is 54.2 Å². The average Bonchev–Trinajstić information content (AvgIpc) is 2.92. The molecule has 0 amide bonds. The number of hydrogen-bond donors (Lipinski definition) is 0. The van der Waals surface area contributed by atoms with Crippen LogP contribution in [0.4, 0.5) is 0 Å². The van der Waals surface area contributed by atoms with Crippen molar-refractivity contribution in [2.75, 3.05) is 0 Å². The van der Waals surface area contributed by atoms with Crippen LogP contribution in [0.25, 0.3) is 32.2 Å². The molecule has 0 radical (unpaired) electrons. The summed E-state index contributed by atoms with van der Waals surface area (Å²) < 4.78 is 1.87. The highest BCUT2D eigenvalue weighted by atomic mass is 32.1. The van der Waals surface area contributed by atoms with Crippen molar-refractivity contribution in [1.29, 1.82) is 0 Å². The maximum atomic E-state index is 12.1. The van der Waals surface area contributed by atoms with Gasteiger partial charge in [0.2, 0.25) is 5.52 Å². The first-order chi connectivity index (χ1) is 10.3. The molecular formula is C17H12N2OS. The van der Waals surface area contributed by atoms with Crippen LogP contribution in [0, 0.1) is 12.1 Å². The fourth-order valence-corrected chi connectivity index (χ4v) is 3.70. The van der Waals surface area contributed by atoms with Gasteiger partial charge in [0, 0.05) is 28.6 Å². The smallest absolute Gasteiger partial charge is 0.243 e. The molecule has 0 N–H and O–H groups in total. The van der Waals surface area contributed by atoms with Gasteiger partial charge in [0.05, 0.1) is 0 Å². The normalized spacial score (nSPS) is 11.3. The third kappa shape index (κ3) is 1.80. The molecule has 4 rings (SSSR count). The van der Waals surface area contributed by atoms with Crippen molar-refractivity contribution >= 4 is 32.5 Å². The zero-order valence-corrected chi connectivity index (χ0v) is 12.2. The number of benzene rings is 1. The minimum atomic E-state index is 0.609. The van der Waals surface area contributed by atoms with E-state index < -0.39 is 0 Å². The first-order valence-electron chi connectivity index (χ1n) is 6.70. The van der Waals surface area contributed by atoms with Gasteiger partial charge in [-0.05, 0) is 24.1 Å². The van der Waals surface area contributed by atoms with E-state index in [1.807, 2.05) is 18.2 Å². The zero-order valence-electron chi connectivity index (χ0n) is 11.4. The Morgan fingerprint density at radius 2 is 1.95 bits per heavy atom. The lowest BCUT2D eigenvalue weighted by atomic mass is 10.00. The molecule has 0 saturated carbocycles. The first-order valence-corrected chi connectivity index (χ1v) is 7.58. The van der Waals surface area contributed by atoms with Crippen molar-refractivity contribution in [3.63, 3.8) is 0 Å². The number of rotatable bonds is 1. The van der Waals surface area contributed by atoms with Gasteiger partial charge in [-0.3, -0.25) is 0 Å². The Morgan fingerprint density at radius 3 is 2.81 bits per heavy atom. The van der Waals surface area contributed by atoms with E-state index in [1.165, 1.54) is 11.1 Å². The van der Waals surface area contributed by atoms with Crippen molar-refractivity contribution in [1.82, 2.24) is 4.98 Å². The lowest BCUT2D eigenvalue weighted by Gasteiger charge is -2.06. The second-order valence-electron chi connectivity index (χ2n) is 5.03. The van der Waals surface area contributed by atoms with Crippen LogP contribution < -0.4 is 4.73 Å². The van der Waals surface area contributed by atoms with Crippen LogP contribution >= 0.6 is 11.3 Å². The van der Waals surface area contributed by atoms with Gasteiger partial charge in [-0.15, -0.1) is 11.3 Å². The molecule has 0 aliphatic rings. The highest BCUT2D eigenvalue weighted by Gasteiger charge is 2.17. The summed E-state index contributed by atoms with van der Waals surface area (Å²) >= 11 is 1.59. The van der Waals surface area contributed by atoms with Gasteiger partial charge in [-0.1, -0.05) is 24.3 Å². The molecule has 4 aromatic rings. The lowest BCUT2D eigenvalue weighted by molar-refractivity contribution is -0.575. The van der Waals surface area contributed by atoms with E-state index in [0.717, 1.165) is 25.9 Å². The van der Waals surface area contributed by atoms with Gasteiger partial charge in [0.1, 0.15) is 10.2 Å². The molecule has 3 aromatic heterocycles. The maximum Gasteiger partial charge on any atom is 0.243 e. The summed E-state index contributed by atoms with van der Waals surface area (Å²) in [5.74, 6) is 0. The van der Waals surface area contributed by atoms with E-state index in [1.54, 1.807) is 29.8 Å². The highest BCUT2D eigenvalue weighted by Crippen LogP contribution is 2.37. The highest BCUT2D eigenvalue weighted by molar-refractivity contribution is 7.17. The minimum Gasteiger partial charge on any atom is -0.618 e. The molecule has 0 atom stereocenters. The number of fused-ring (bicyclic) bond motifs is 3. The zero-order chi connectivity index (χ0) is 14.4. The average molecular weight is 292 g/mol. The quantitative estimate of drug-likeness (QED) is 0.392. The van der Waals surface area contributed by atoms with Crippen LogP contribution in [-0.4, -0.2) is 4.98 Å². The summed E-state index contributed by atoms with van der Waals surface area (Å²) in [5.41, 5.74) is 4.94. The molecule has 0 spiro atoms. The molecule has 0 saturated heterocycles. The Balaban J connectivity index is 2.18. The number of hydrogen-bond acceptors (Lipinski definition) is 3. The molecule has 0 aliphatic carbocycles. The van der Waals surface area contributed by atoms with Gasteiger partial charge >= 0.3 is 0 Å². The Kier molecular flexibility index (Phi) is 2.65. The third-order valence-electron chi connectivity index (χ3n) is 3.75. The number of aromatic nitrogens is 2. The van der Waals surface area contributed by atoms with Crippen molar-refractivity contribution in [2.24, 2.45) is 0 Å². The summed E-state index contributed by atoms with van der Waals surface area (Å²) in [4.78, 5) is 4.44. The van der Waals surface area contributed by atoms with Gasteiger partial charge in [0.15, 0.2) is 6.20 Å². The standard InChI is InChI=1S/C17H12N2OS/c1-11-5-2-3-6-12(11)13-10-21-15-9-19(20)14-7-4-8-18-17(14)16(13)15/h2-10H,1H3. The second kappa shape index (κ2) is 4.53. The van der Waals surface area contributed by atoms with Crippen LogP contribution in [0.3, 0.4) is 0 Å². The SMILES string of the molecule is Cc1ccccc1-c1csc2c[n+]([O-])c3cccnc3c12. The minimum absolute atomic E-state index is 0.609. The van der Waals surface area contributed by atoms with Gasteiger partial charge in [0.25, 0.3) is 0 Å². The van der Waals surface area contributed by atoms with Crippen molar-refractivity contribution in [2.45, 2.75) is 6.92 Å². The summed E-state index contributed by atoms with van der Waals surface area (Å²) in [6, 6.07) is 11.9. The van der Waals surface area contributed by atoms with Gasteiger partial charge in [-0.25, -0.2) is 4.98 Å². The van der Waals surface area contributed by atoms with E-state index >= 15 is 0 Å². The molecule has 21 heavy (non-hydrogen) atoms. The van der Waals surface area contributed by atoms with Gasteiger partial charge < -0.3 is 5.21 Å². The predicted octanol–water partition coefficient (Wildman–Crippen LogP) is 4.06. The molecule has 0 fully saturated rings. The van der Waals surface area contributed by atoms with Crippen molar-refractivity contribution in [3.05, 3.63) is 64.9 Å². The fraction of sp³-hybridized carbons (Fsp3) is 0.0588. The number of nitrogens with zero attached hydrogens (tertiary/aromatic N) is 2. The van der Waals surface area contributed by atoms with Crippen LogP contribution in [0.5, 0.6) is 0 Å². The monoisotopic (exact) mass is 292 g/mol. The molecule has 0 unspecified atom stereocenters. The van der Waals surface area contributed by atoms with Crippen LogP contribution in [0.1, 0.15) is 5.56 Å². The van der Waals surface area contributed by atoms with E-state index in [9.17, 15) is 5.21 Å². The molecule has 3 nitrogen and oxygen atoms in total. The first kappa shape index (κ1) is 12.3. The Morgan fingerprint density at radius 1 is 1.10 bits per heavy atom. The summed E-state index contributed by atoms with van der Waals surface area (Å²) in [6.45, 7) is 2.10. The largest absolute Gasteiger partial charge is 0.618 e. The van der Waals surface area contributed by atoms with Crippen LogP contribution in [-0.2, 0) is 0 Å². The summed E-state index contributed by atoms with van der Waals surface area (Å²) in [7, 11) is 0. The molecule has 1 aromatic carbocycles. The second-order valence-corrected chi connectivity index (χ2v) is 5.94. The van der Waals surface area contributed by atoms with Crippen molar-refractivity contribution < 1.29 is 4.73 Å². The van der Waals surface area contributed by atoms with Crippen molar-refractivity contribution in [3.8, 4) is 11.1 Å². The third-order valence-corrected chi connectivity index (χ3v) is 4.67. The topological polar surface area (TPSA) is 39.8 Å². The van der Waals surface area contributed by atoms with Gasteiger partial charge in [-0.2, -0.15) is 4.73 Å². The van der Waals surface area contributed by atoms with Crippen LogP contribution in [0.2, 0.25) is 0 Å². The fourth-order valence-electron chi connectivity index (χ4n) is 2.73. The summed E-state index contributed by atoms with van der Waals surface area (Å²) in [5, 5.41) is 15.3. The maximum absolute atomic E-state index is 12.1. The summed E-state index contributed by atoms with van der Waals surface area (Å²) in [6.07, 6.45) is 3.38. The van der Waals surface area contributed by atoms with E-state index in [-0.39, 0.29) is 0 Å². The Bertz CT molecular complexity index is 975. The lowest BCUT2D eigenvalue weighted by Crippen LogP contribution is -2.26. The van der Waals surface area contributed by atoms with E-state index in [4.69, 9.17) is 0 Å². The molecule has 0 bridgehead atoms.